The summed E-state index contributed by atoms with van der Waals surface area (Å²) < 4.78 is 8.04. The number of fused-ring (bicyclic) bond motifs is 1. The van der Waals surface area contributed by atoms with Gasteiger partial charge in [0.25, 0.3) is 0 Å². The van der Waals surface area contributed by atoms with Crippen molar-refractivity contribution in [3.8, 4) is 0 Å². The number of aromatic nitrogens is 3. The van der Waals surface area contributed by atoms with Gasteiger partial charge < -0.3 is 8.98 Å². The lowest BCUT2D eigenvalue weighted by Gasteiger charge is -2.25. The van der Waals surface area contributed by atoms with E-state index >= 15 is 0 Å². The van der Waals surface area contributed by atoms with Crippen molar-refractivity contribution in [1.29, 1.82) is 0 Å². The molecule has 0 saturated heterocycles. The Balaban J connectivity index is 1.36. The Morgan fingerprint density at radius 3 is 2.80 bits per heavy atom. The van der Waals surface area contributed by atoms with E-state index < -0.39 is 0 Å². The summed E-state index contributed by atoms with van der Waals surface area (Å²) in [6.07, 6.45) is 6.87. The van der Waals surface area contributed by atoms with E-state index in [9.17, 15) is 4.79 Å². The molecule has 1 aliphatic carbocycles. The first kappa shape index (κ1) is 19.6. The van der Waals surface area contributed by atoms with Crippen LogP contribution in [-0.2, 0) is 6.42 Å². The van der Waals surface area contributed by atoms with E-state index in [1.807, 2.05) is 30.3 Å². The van der Waals surface area contributed by atoms with Gasteiger partial charge in [0.05, 0.1) is 5.75 Å². The summed E-state index contributed by atoms with van der Waals surface area (Å²) >= 11 is 3.22. The molecule has 0 atom stereocenters. The zero-order chi connectivity index (χ0) is 20.3. The van der Waals surface area contributed by atoms with E-state index in [0.29, 0.717) is 17.6 Å². The number of Topliss-reactive ketones (excluding diaryl/α,β-unsaturated/α-hetero) is 1. The zero-order valence-electron chi connectivity index (χ0n) is 16.6. The summed E-state index contributed by atoms with van der Waals surface area (Å²) in [4.78, 5) is 14.1. The number of carbonyl (C=O) groups is 1. The van der Waals surface area contributed by atoms with Gasteiger partial charge in [-0.05, 0) is 36.4 Å². The van der Waals surface area contributed by atoms with Crippen LogP contribution in [0.3, 0.4) is 0 Å². The van der Waals surface area contributed by atoms with Crippen molar-refractivity contribution in [2.45, 2.75) is 49.7 Å². The van der Waals surface area contributed by atoms with Crippen LogP contribution in [0.1, 0.15) is 59.4 Å². The molecule has 0 amide bonds. The molecule has 0 bridgehead atoms. The van der Waals surface area contributed by atoms with Crippen LogP contribution >= 0.6 is 23.1 Å². The van der Waals surface area contributed by atoms with Crippen LogP contribution in [0.2, 0.25) is 0 Å². The maximum absolute atomic E-state index is 12.8. The van der Waals surface area contributed by atoms with Crippen LogP contribution in [0.25, 0.3) is 11.0 Å². The Bertz CT molecular complexity index is 1110. The molecule has 0 N–H and O–H groups in total. The van der Waals surface area contributed by atoms with Gasteiger partial charge in [-0.3, -0.25) is 4.79 Å². The number of hydrogen-bond donors (Lipinski definition) is 0. The van der Waals surface area contributed by atoms with Gasteiger partial charge in [0.1, 0.15) is 11.4 Å². The SMILES string of the molecule is O=C(CSc1nnc(Cc2cccs2)n1C1CCCCC1)c1cc2ccccc2o1. The predicted molar refractivity (Wildman–Crippen MR) is 121 cm³/mol. The third-order valence-corrected chi connectivity index (χ3v) is 7.44. The molecule has 1 saturated carbocycles. The van der Waals surface area contributed by atoms with Crippen LogP contribution in [-0.4, -0.2) is 26.3 Å². The molecule has 7 heteroatoms. The zero-order valence-corrected chi connectivity index (χ0v) is 18.3. The predicted octanol–water partition coefficient (Wildman–Crippen LogP) is 6.16. The molecule has 1 aromatic carbocycles. The summed E-state index contributed by atoms with van der Waals surface area (Å²) in [6.45, 7) is 0. The third-order valence-electron chi connectivity index (χ3n) is 5.62. The Kier molecular flexibility index (Phi) is 5.73. The van der Waals surface area contributed by atoms with E-state index in [1.165, 1.54) is 35.9 Å². The summed E-state index contributed by atoms with van der Waals surface area (Å²) in [5, 5.41) is 12.9. The van der Waals surface area contributed by atoms with Gasteiger partial charge in [0, 0.05) is 22.7 Å². The third kappa shape index (κ3) is 4.09. The van der Waals surface area contributed by atoms with Gasteiger partial charge in [-0.25, -0.2) is 0 Å². The first-order valence-electron chi connectivity index (χ1n) is 10.4. The largest absolute Gasteiger partial charge is 0.453 e. The summed E-state index contributed by atoms with van der Waals surface area (Å²) in [5.41, 5.74) is 0.745. The first-order chi connectivity index (χ1) is 14.8. The van der Waals surface area contributed by atoms with Crippen molar-refractivity contribution < 1.29 is 9.21 Å². The lowest BCUT2D eigenvalue weighted by atomic mass is 9.95. The van der Waals surface area contributed by atoms with Gasteiger partial charge in [-0.2, -0.15) is 0 Å². The van der Waals surface area contributed by atoms with E-state index in [4.69, 9.17) is 4.42 Å². The lowest BCUT2D eigenvalue weighted by molar-refractivity contribution is 0.0994. The summed E-state index contributed by atoms with van der Waals surface area (Å²) in [5.74, 6) is 1.69. The van der Waals surface area contributed by atoms with Crippen LogP contribution in [0.4, 0.5) is 0 Å². The minimum absolute atomic E-state index is 0.0193. The average Bonchev–Trinajstić information content (AvgIpc) is 3.52. The van der Waals surface area contributed by atoms with Crippen LogP contribution in [0.5, 0.6) is 0 Å². The number of para-hydroxylation sites is 1. The van der Waals surface area contributed by atoms with Crippen molar-refractivity contribution >= 4 is 39.9 Å². The fourth-order valence-electron chi connectivity index (χ4n) is 4.12. The molecule has 1 fully saturated rings. The number of benzene rings is 1. The maximum Gasteiger partial charge on any atom is 0.208 e. The second kappa shape index (κ2) is 8.78. The highest BCUT2D eigenvalue weighted by Gasteiger charge is 2.24. The molecule has 0 spiro atoms. The molecule has 0 radical (unpaired) electrons. The topological polar surface area (TPSA) is 60.9 Å². The number of thiophene rings is 1. The van der Waals surface area contributed by atoms with Crippen molar-refractivity contribution in [2.24, 2.45) is 0 Å². The summed E-state index contributed by atoms with van der Waals surface area (Å²) in [7, 11) is 0. The number of thioether (sulfide) groups is 1. The highest BCUT2D eigenvalue weighted by atomic mass is 32.2. The fraction of sp³-hybridized carbons (Fsp3) is 0.348. The summed E-state index contributed by atoms with van der Waals surface area (Å²) in [6, 6.07) is 14.2. The highest BCUT2D eigenvalue weighted by molar-refractivity contribution is 7.99. The van der Waals surface area contributed by atoms with Gasteiger partial charge in [0.15, 0.2) is 10.9 Å². The molecular formula is C23H23N3O2S2. The monoisotopic (exact) mass is 437 g/mol. The van der Waals surface area contributed by atoms with Crippen molar-refractivity contribution in [2.75, 3.05) is 5.75 Å². The number of ketones is 1. The van der Waals surface area contributed by atoms with Gasteiger partial charge >= 0.3 is 0 Å². The Labute approximate surface area is 183 Å². The number of hydrogen-bond acceptors (Lipinski definition) is 6. The van der Waals surface area contributed by atoms with E-state index in [-0.39, 0.29) is 5.78 Å². The Hall–Kier alpha value is -2.38. The van der Waals surface area contributed by atoms with Gasteiger partial charge in [-0.1, -0.05) is 55.3 Å². The van der Waals surface area contributed by atoms with Crippen LogP contribution < -0.4 is 0 Å². The second-order valence-corrected chi connectivity index (χ2v) is 9.65. The Morgan fingerprint density at radius 1 is 1.13 bits per heavy atom. The molecule has 1 aliphatic rings. The smallest absolute Gasteiger partial charge is 0.208 e. The normalized spacial score (nSPS) is 15.1. The number of nitrogens with zero attached hydrogens (tertiary/aromatic N) is 3. The average molecular weight is 438 g/mol. The fourth-order valence-corrected chi connectivity index (χ4v) is 5.72. The number of carbonyl (C=O) groups excluding carboxylic acids is 1. The molecule has 0 aliphatic heterocycles. The quantitative estimate of drug-likeness (QED) is 0.256. The van der Waals surface area contributed by atoms with Crippen LogP contribution in [0.15, 0.2) is 57.4 Å². The molecular weight excluding hydrogens is 414 g/mol. The standard InChI is InChI=1S/C23H23N3O2S2/c27-19(21-13-16-7-4-5-11-20(16)28-21)15-30-23-25-24-22(14-18-10-6-12-29-18)26(23)17-8-2-1-3-9-17/h4-7,10-13,17H,1-3,8-9,14-15H2. The molecule has 4 aromatic rings. The van der Waals surface area contributed by atoms with E-state index in [2.05, 4.69) is 32.3 Å². The first-order valence-corrected chi connectivity index (χ1v) is 12.3. The second-order valence-electron chi connectivity index (χ2n) is 7.68. The van der Waals surface area contributed by atoms with Crippen molar-refractivity contribution in [3.63, 3.8) is 0 Å². The lowest BCUT2D eigenvalue weighted by Crippen LogP contribution is -2.17. The Morgan fingerprint density at radius 2 is 2.00 bits per heavy atom. The van der Waals surface area contributed by atoms with Crippen molar-refractivity contribution in [3.05, 3.63) is 64.3 Å². The molecule has 3 heterocycles. The van der Waals surface area contributed by atoms with E-state index in [0.717, 1.165) is 41.2 Å². The molecule has 3 aromatic heterocycles. The highest BCUT2D eigenvalue weighted by Crippen LogP contribution is 2.34. The minimum Gasteiger partial charge on any atom is -0.453 e. The van der Waals surface area contributed by atoms with Crippen molar-refractivity contribution in [1.82, 2.24) is 14.8 Å². The maximum atomic E-state index is 12.8. The number of furan rings is 1. The van der Waals surface area contributed by atoms with Gasteiger partial charge in [-0.15, -0.1) is 21.5 Å². The van der Waals surface area contributed by atoms with E-state index in [1.54, 1.807) is 11.3 Å². The minimum atomic E-state index is -0.0193. The molecule has 0 unspecified atom stereocenters. The van der Waals surface area contributed by atoms with Gasteiger partial charge in [0.2, 0.25) is 5.78 Å². The van der Waals surface area contributed by atoms with Crippen LogP contribution in [0, 0.1) is 0 Å². The molecule has 5 nitrogen and oxygen atoms in total. The molecule has 154 valence electrons. The number of rotatable bonds is 7. The molecule has 5 rings (SSSR count). The molecule has 30 heavy (non-hydrogen) atoms.